The predicted octanol–water partition coefficient (Wildman–Crippen LogP) is 1.50. The van der Waals surface area contributed by atoms with Crippen LogP contribution < -0.4 is 0 Å². The van der Waals surface area contributed by atoms with Crippen molar-refractivity contribution in [2.75, 3.05) is 26.2 Å². The lowest BCUT2D eigenvalue weighted by molar-refractivity contribution is -0.0362. The molecule has 1 rings (SSSR count). The Labute approximate surface area is 95.4 Å². The quantitative estimate of drug-likeness (QED) is 0.760. The highest BCUT2D eigenvalue weighted by molar-refractivity contribution is 4.82. The first-order valence-electron chi connectivity index (χ1n) is 5.72. The van der Waals surface area contributed by atoms with Crippen LogP contribution in [0, 0.1) is 0 Å². The van der Waals surface area contributed by atoms with E-state index in [-0.39, 0.29) is 31.4 Å². The molecule has 1 atom stereocenters. The normalized spacial score (nSPS) is 24.6. The number of hydrogen-bond acceptors (Lipinski definition) is 3. The molecule has 0 radical (unpaired) electrons. The Bertz CT molecular complexity index is 212. The molecule has 0 spiro atoms. The van der Waals surface area contributed by atoms with E-state index in [2.05, 4.69) is 0 Å². The molecule has 5 heteroatoms. The molecule has 0 saturated carbocycles. The molecule has 16 heavy (non-hydrogen) atoms. The smallest absolute Gasteiger partial charge is 0.251 e. The van der Waals surface area contributed by atoms with Crippen molar-refractivity contribution < 1.29 is 18.6 Å². The molecule has 96 valence electrons. The van der Waals surface area contributed by atoms with Crippen LogP contribution >= 0.6 is 0 Å². The van der Waals surface area contributed by atoms with E-state index in [4.69, 9.17) is 9.84 Å². The summed E-state index contributed by atoms with van der Waals surface area (Å²) < 4.78 is 30.3. The Morgan fingerprint density at radius 3 is 2.62 bits per heavy atom. The molecule has 1 heterocycles. The van der Waals surface area contributed by atoms with E-state index >= 15 is 0 Å². The SMILES string of the molecule is CC1(C)CCC(CN(CCO)CC(F)F)O1. The van der Waals surface area contributed by atoms with Gasteiger partial charge in [0, 0.05) is 13.1 Å². The summed E-state index contributed by atoms with van der Waals surface area (Å²) in [5, 5.41) is 8.80. The van der Waals surface area contributed by atoms with E-state index in [1.165, 1.54) is 0 Å². The number of nitrogens with zero attached hydrogens (tertiary/aromatic N) is 1. The molecule has 3 nitrogen and oxygen atoms in total. The van der Waals surface area contributed by atoms with Gasteiger partial charge in [-0.2, -0.15) is 0 Å². The summed E-state index contributed by atoms with van der Waals surface area (Å²) in [6.45, 7) is 4.40. The molecule has 1 saturated heterocycles. The van der Waals surface area contributed by atoms with E-state index in [0.717, 1.165) is 12.8 Å². The second kappa shape index (κ2) is 5.89. The number of ether oxygens (including phenoxy) is 1. The van der Waals surface area contributed by atoms with Gasteiger partial charge < -0.3 is 9.84 Å². The van der Waals surface area contributed by atoms with Gasteiger partial charge in [-0.05, 0) is 26.7 Å². The van der Waals surface area contributed by atoms with Crippen LogP contribution in [0.25, 0.3) is 0 Å². The molecule has 0 aromatic heterocycles. The molecule has 0 aliphatic carbocycles. The third-order valence-electron chi connectivity index (χ3n) is 2.83. The molecule has 0 aromatic rings. The first-order chi connectivity index (χ1) is 7.43. The Balaban J connectivity index is 2.37. The van der Waals surface area contributed by atoms with Gasteiger partial charge in [0.25, 0.3) is 6.43 Å². The second-order valence-electron chi connectivity index (χ2n) is 4.91. The highest BCUT2D eigenvalue weighted by Gasteiger charge is 2.32. The molecular weight excluding hydrogens is 216 g/mol. The summed E-state index contributed by atoms with van der Waals surface area (Å²) >= 11 is 0. The van der Waals surface area contributed by atoms with Gasteiger partial charge in [-0.15, -0.1) is 0 Å². The van der Waals surface area contributed by atoms with Crippen LogP contribution in [0.5, 0.6) is 0 Å². The zero-order valence-electron chi connectivity index (χ0n) is 9.96. The summed E-state index contributed by atoms with van der Waals surface area (Å²) in [5.41, 5.74) is -0.139. The van der Waals surface area contributed by atoms with Crippen LogP contribution in [0.15, 0.2) is 0 Å². The van der Waals surface area contributed by atoms with Crippen LogP contribution in [0.3, 0.4) is 0 Å². The fourth-order valence-electron chi connectivity index (χ4n) is 2.09. The van der Waals surface area contributed by atoms with Gasteiger partial charge in [0.05, 0.1) is 24.9 Å². The van der Waals surface area contributed by atoms with Gasteiger partial charge in [0.1, 0.15) is 0 Å². The number of aliphatic hydroxyl groups excluding tert-OH is 1. The van der Waals surface area contributed by atoms with Crippen molar-refractivity contribution in [1.29, 1.82) is 0 Å². The number of halogens is 2. The number of alkyl halides is 2. The summed E-state index contributed by atoms with van der Waals surface area (Å²) in [5.74, 6) is 0. The van der Waals surface area contributed by atoms with Crippen molar-refractivity contribution in [2.45, 2.75) is 44.8 Å². The maximum Gasteiger partial charge on any atom is 0.251 e. The van der Waals surface area contributed by atoms with E-state index in [1.807, 2.05) is 13.8 Å². The number of aliphatic hydroxyl groups is 1. The van der Waals surface area contributed by atoms with Crippen molar-refractivity contribution in [2.24, 2.45) is 0 Å². The standard InChI is InChI=1S/C11H21F2NO2/c1-11(2)4-3-9(16-11)7-14(5-6-15)8-10(12)13/h9-10,15H,3-8H2,1-2H3. The molecular formula is C11H21F2NO2. The zero-order valence-corrected chi connectivity index (χ0v) is 9.96. The van der Waals surface area contributed by atoms with Crippen molar-refractivity contribution in [3.63, 3.8) is 0 Å². The Morgan fingerprint density at radius 2 is 2.19 bits per heavy atom. The zero-order chi connectivity index (χ0) is 12.2. The summed E-state index contributed by atoms with van der Waals surface area (Å²) in [7, 11) is 0. The molecule has 1 N–H and O–H groups in total. The minimum Gasteiger partial charge on any atom is -0.395 e. The summed E-state index contributed by atoms with van der Waals surface area (Å²) in [6.07, 6.45) is -0.487. The second-order valence-corrected chi connectivity index (χ2v) is 4.91. The van der Waals surface area contributed by atoms with Gasteiger partial charge in [0.15, 0.2) is 0 Å². The number of rotatable bonds is 6. The Hall–Kier alpha value is -0.260. The van der Waals surface area contributed by atoms with Crippen molar-refractivity contribution >= 4 is 0 Å². The largest absolute Gasteiger partial charge is 0.395 e. The topological polar surface area (TPSA) is 32.7 Å². The Kier molecular flexibility index (Phi) is 5.08. The molecule has 0 aromatic carbocycles. The van der Waals surface area contributed by atoms with Crippen molar-refractivity contribution in [3.8, 4) is 0 Å². The molecule has 1 fully saturated rings. The molecule has 1 aliphatic rings. The van der Waals surface area contributed by atoms with Gasteiger partial charge in [-0.3, -0.25) is 4.90 Å². The summed E-state index contributed by atoms with van der Waals surface area (Å²) in [4.78, 5) is 1.57. The fraction of sp³-hybridized carbons (Fsp3) is 1.00. The lowest BCUT2D eigenvalue weighted by atomic mass is 10.1. The average Bonchev–Trinajstić information content (AvgIpc) is 2.44. The van der Waals surface area contributed by atoms with Crippen LogP contribution in [-0.4, -0.2) is 54.4 Å². The minimum atomic E-state index is -2.36. The van der Waals surface area contributed by atoms with Crippen molar-refractivity contribution in [1.82, 2.24) is 4.90 Å². The monoisotopic (exact) mass is 237 g/mol. The third-order valence-corrected chi connectivity index (χ3v) is 2.83. The maximum atomic E-state index is 12.3. The first kappa shape index (κ1) is 13.8. The molecule has 1 aliphatic heterocycles. The van der Waals surface area contributed by atoms with E-state index in [0.29, 0.717) is 6.54 Å². The van der Waals surface area contributed by atoms with E-state index in [9.17, 15) is 8.78 Å². The minimum absolute atomic E-state index is 0.0142. The third kappa shape index (κ3) is 4.72. The van der Waals surface area contributed by atoms with Gasteiger partial charge >= 0.3 is 0 Å². The Morgan fingerprint density at radius 1 is 1.50 bits per heavy atom. The van der Waals surface area contributed by atoms with Gasteiger partial charge in [0.2, 0.25) is 0 Å². The highest BCUT2D eigenvalue weighted by atomic mass is 19.3. The molecule has 1 unspecified atom stereocenters. The first-order valence-corrected chi connectivity index (χ1v) is 5.72. The van der Waals surface area contributed by atoms with Crippen molar-refractivity contribution in [3.05, 3.63) is 0 Å². The summed E-state index contributed by atoms with van der Waals surface area (Å²) in [6, 6.07) is 0. The van der Waals surface area contributed by atoms with E-state index < -0.39 is 6.43 Å². The lowest BCUT2D eigenvalue weighted by Crippen LogP contribution is -2.38. The average molecular weight is 237 g/mol. The van der Waals surface area contributed by atoms with Crippen LogP contribution in [0.4, 0.5) is 8.78 Å². The van der Waals surface area contributed by atoms with Crippen LogP contribution in [0.1, 0.15) is 26.7 Å². The predicted molar refractivity (Wildman–Crippen MR) is 57.7 cm³/mol. The molecule has 0 amide bonds. The lowest BCUT2D eigenvalue weighted by Gasteiger charge is -2.26. The number of hydrogen-bond donors (Lipinski definition) is 1. The molecule has 0 bridgehead atoms. The fourth-order valence-corrected chi connectivity index (χ4v) is 2.09. The highest BCUT2D eigenvalue weighted by Crippen LogP contribution is 2.29. The van der Waals surface area contributed by atoms with E-state index in [1.54, 1.807) is 4.90 Å². The van der Waals surface area contributed by atoms with Crippen LogP contribution in [0.2, 0.25) is 0 Å². The van der Waals surface area contributed by atoms with Gasteiger partial charge in [-0.25, -0.2) is 8.78 Å². The van der Waals surface area contributed by atoms with Crippen LogP contribution in [-0.2, 0) is 4.74 Å². The van der Waals surface area contributed by atoms with Gasteiger partial charge in [-0.1, -0.05) is 0 Å². The maximum absolute atomic E-state index is 12.3.